The van der Waals surface area contributed by atoms with Gasteiger partial charge in [0.1, 0.15) is 0 Å². The van der Waals surface area contributed by atoms with E-state index in [-0.39, 0.29) is 6.29 Å². The largest absolute Gasteiger partial charge is 0.346 e. The third kappa shape index (κ3) is 3.11. The SMILES string of the molecule is CCC1CN=C(Nc2ccc(C3OCCO3)cc2)S1. The number of anilines is 1. The predicted octanol–water partition coefficient (Wildman–Crippen LogP) is 3.03. The third-order valence-electron chi connectivity index (χ3n) is 3.23. The molecule has 0 spiro atoms. The Kier molecular flexibility index (Phi) is 4.06. The van der Waals surface area contributed by atoms with Crippen molar-refractivity contribution in [2.45, 2.75) is 24.9 Å². The van der Waals surface area contributed by atoms with Crippen molar-refractivity contribution in [3.05, 3.63) is 29.8 Å². The van der Waals surface area contributed by atoms with Crippen LogP contribution in [0, 0.1) is 0 Å². The van der Waals surface area contributed by atoms with Crippen molar-refractivity contribution in [2.75, 3.05) is 25.1 Å². The molecule has 1 atom stereocenters. The minimum absolute atomic E-state index is 0.197. The molecule has 0 bridgehead atoms. The van der Waals surface area contributed by atoms with E-state index >= 15 is 0 Å². The van der Waals surface area contributed by atoms with Gasteiger partial charge in [-0.05, 0) is 18.6 Å². The molecular weight excluding hydrogens is 260 g/mol. The van der Waals surface area contributed by atoms with E-state index < -0.39 is 0 Å². The average molecular weight is 278 g/mol. The van der Waals surface area contributed by atoms with Crippen LogP contribution in [0.3, 0.4) is 0 Å². The third-order valence-corrected chi connectivity index (χ3v) is 4.50. The lowest BCUT2D eigenvalue weighted by molar-refractivity contribution is -0.0441. The molecule has 0 amide bonds. The van der Waals surface area contributed by atoms with E-state index in [0.29, 0.717) is 18.5 Å². The lowest BCUT2D eigenvalue weighted by Gasteiger charge is -2.11. The second-order valence-electron chi connectivity index (χ2n) is 4.61. The first-order chi connectivity index (χ1) is 9.35. The fraction of sp³-hybridized carbons (Fsp3) is 0.500. The molecule has 1 saturated heterocycles. The standard InChI is InChI=1S/C14H18N2O2S/c1-2-12-9-15-14(19-12)16-11-5-3-10(4-6-11)13-17-7-8-18-13/h3-6,12-13H,2,7-9H2,1H3,(H,15,16). The molecule has 1 aromatic carbocycles. The second kappa shape index (κ2) is 5.94. The lowest BCUT2D eigenvalue weighted by atomic mass is 10.2. The van der Waals surface area contributed by atoms with Gasteiger partial charge in [-0.15, -0.1) is 0 Å². The summed E-state index contributed by atoms with van der Waals surface area (Å²) in [5.74, 6) is 0. The van der Waals surface area contributed by atoms with Crippen molar-refractivity contribution in [3.63, 3.8) is 0 Å². The molecule has 2 aliphatic heterocycles. The number of nitrogens with zero attached hydrogens (tertiary/aromatic N) is 1. The van der Waals surface area contributed by atoms with Gasteiger partial charge in [0.05, 0.1) is 19.8 Å². The van der Waals surface area contributed by atoms with E-state index in [0.717, 1.165) is 29.4 Å². The van der Waals surface area contributed by atoms with Crippen molar-refractivity contribution in [1.29, 1.82) is 0 Å². The molecule has 2 heterocycles. The summed E-state index contributed by atoms with van der Waals surface area (Å²) in [7, 11) is 0. The molecule has 0 radical (unpaired) electrons. The smallest absolute Gasteiger partial charge is 0.184 e. The molecule has 0 aromatic heterocycles. The number of benzene rings is 1. The first kappa shape index (κ1) is 13.0. The van der Waals surface area contributed by atoms with Crippen LogP contribution in [0.5, 0.6) is 0 Å². The maximum absolute atomic E-state index is 5.47. The lowest BCUT2D eigenvalue weighted by Crippen LogP contribution is -2.07. The molecule has 19 heavy (non-hydrogen) atoms. The van der Waals surface area contributed by atoms with Gasteiger partial charge in [0, 0.05) is 16.5 Å². The minimum Gasteiger partial charge on any atom is -0.346 e. The van der Waals surface area contributed by atoms with E-state index in [2.05, 4.69) is 17.2 Å². The Labute approximate surface area is 117 Å². The number of rotatable bonds is 3. The monoisotopic (exact) mass is 278 g/mol. The van der Waals surface area contributed by atoms with Crippen LogP contribution >= 0.6 is 11.8 Å². The van der Waals surface area contributed by atoms with Gasteiger partial charge in [-0.3, -0.25) is 4.99 Å². The predicted molar refractivity (Wildman–Crippen MR) is 78.7 cm³/mol. The molecular formula is C14H18N2O2S. The normalized spacial score (nSPS) is 23.6. The van der Waals surface area contributed by atoms with Crippen molar-refractivity contribution < 1.29 is 9.47 Å². The van der Waals surface area contributed by atoms with Crippen LogP contribution in [0.1, 0.15) is 25.2 Å². The van der Waals surface area contributed by atoms with Crippen molar-refractivity contribution in [2.24, 2.45) is 4.99 Å². The number of amidine groups is 1. The maximum Gasteiger partial charge on any atom is 0.184 e. The quantitative estimate of drug-likeness (QED) is 0.923. The Balaban J connectivity index is 1.60. The number of aliphatic imine (C=N–C) groups is 1. The molecule has 5 heteroatoms. The van der Waals surface area contributed by atoms with Crippen molar-refractivity contribution in [1.82, 2.24) is 0 Å². The maximum atomic E-state index is 5.47. The highest BCUT2D eigenvalue weighted by Crippen LogP contribution is 2.27. The molecule has 1 fully saturated rings. The number of hydrogen-bond donors (Lipinski definition) is 1. The molecule has 0 saturated carbocycles. The Morgan fingerprint density at radius 1 is 1.26 bits per heavy atom. The number of thioether (sulfide) groups is 1. The van der Waals surface area contributed by atoms with Crippen LogP contribution in [-0.4, -0.2) is 30.2 Å². The van der Waals surface area contributed by atoms with Crippen LogP contribution in [0.2, 0.25) is 0 Å². The number of hydrogen-bond acceptors (Lipinski definition) is 5. The highest BCUT2D eigenvalue weighted by atomic mass is 32.2. The Morgan fingerprint density at radius 2 is 2.00 bits per heavy atom. The molecule has 102 valence electrons. The Morgan fingerprint density at radius 3 is 2.63 bits per heavy atom. The van der Waals surface area contributed by atoms with Gasteiger partial charge in [-0.1, -0.05) is 30.8 Å². The van der Waals surface area contributed by atoms with E-state index in [1.165, 1.54) is 0 Å². The molecule has 3 rings (SSSR count). The molecule has 1 unspecified atom stereocenters. The van der Waals surface area contributed by atoms with Crippen LogP contribution in [0.25, 0.3) is 0 Å². The van der Waals surface area contributed by atoms with Crippen LogP contribution in [0.15, 0.2) is 29.3 Å². The zero-order chi connectivity index (χ0) is 13.1. The van der Waals surface area contributed by atoms with E-state index in [1.807, 2.05) is 36.0 Å². The highest BCUT2D eigenvalue weighted by molar-refractivity contribution is 8.15. The molecule has 0 aliphatic carbocycles. The van der Waals surface area contributed by atoms with Gasteiger partial charge in [0.2, 0.25) is 0 Å². The fourth-order valence-electron chi connectivity index (χ4n) is 2.10. The van der Waals surface area contributed by atoms with Gasteiger partial charge in [-0.2, -0.15) is 0 Å². The van der Waals surface area contributed by atoms with Gasteiger partial charge in [-0.25, -0.2) is 0 Å². The van der Waals surface area contributed by atoms with Gasteiger partial charge < -0.3 is 14.8 Å². The zero-order valence-corrected chi connectivity index (χ0v) is 11.8. The van der Waals surface area contributed by atoms with E-state index in [4.69, 9.17) is 9.47 Å². The molecule has 4 nitrogen and oxygen atoms in total. The molecule has 1 aromatic rings. The Hall–Kier alpha value is -1.04. The van der Waals surface area contributed by atoms with E-state index in [9.17, 15) is 0 Å². The first-order valence-corrected chi connectivity index (χ1v) is 7.54. The highest BCUT2D eigenvalue weighted by Gasteiger charge is 2.19. The number of nitrogens with one attached hydrogen (secondary N) is 1. The van der Waals surface area contributed by atoms with E-state index in [1.54, 1.807) is 0 Å². The van der Waals surface area contributed by atoms with Crippen molar-refractivity contribution in [3.8, 4) is 0 Å². The van der Waals surface area contributed by atoms with Crippen LogP contribution in [0.4, 0.5) is 5.69 Å². The summed E-state index contributed by atoms with van der Waals surface area (Å²) in [5, 5.41) is 5.00. The van der Waals surface area contributed by atoms with Crippen LogP contribution in [-0.2, 0) is 9.47 Å². The van der Waals surface area contributed by atoms with Crippen molar-refractivity contribution >= 4 is 22.6 Å². The number of ether oxygens (including phenoxy) is 2. The summed E-state index contributed by atoms with van der Waals surface area (Å²) in [6.07, 6.45) is 0.964. The summed E-state index contributed by atoms with van der Waals surface area (Å²) in [4.78, 5) is 4.50. The summed E-state index contributed by atoms with van der Waals surface area (Å²) >= 11 is 1.82. The summed E-state index contributed by atoms with van der Waals surface area (Å²) in [6, 6.07) is 8.16. The van der Waals surface area contributed by atoms with Gasteiger partial charge in [0.25, 0.3) is 0 Å². The minimum atomic E-state index is -0.197. The Bertz CT molecular complexity index is 455. The summed E-state index contributed by atoms with van der Waals surface area (Å²) in [6.45, 7) is 4.48. The zero-order valence-electron chi connectivity index (χ0n) is 11.0. The fourth-order valence-corrected chi connectivity index (χ4v) is 3.05. The van der Waals surface area contributed by atoms with Gasteiger partial charge >= 0.3 is 0 Å². The second-order valence-corrected chi connectivity index (χ2v) is 5.90. The summed E-state index contributed by atoms with van der Waals surface area (Å²) < 4.78 is 10.9. The summed E-state index contributed by atoms with van der Waals surface area (Å²) in [5.41, 5.74) is 2.13. The average Bonchev–Trinajstić information content (AvgIpc) is 3.10. The first-order valence-electron chi connectivity index (χ1n) is 6.66. The van der Waals surface area contributed by atoms with Crippen LogP contribution < -0.4 is 5.32 Å². The molecule has 1 N–H and O–H groups in total. The van der Waals surface area contributed by atoms with Gasteiger partial charge in [0.15, 0.2) is 11.5 Å². The molecule has 2 aliphatic rings. The topological polar surface area (TPSA) is 42.9 Å².